The second kappa shape index (κ2) is 7.83. The lowest BCUT2D eigenvalue weighted by molar-refractivity contribution is -0.145. The molecule has 0 saturated heterocycles. The monoisotopic (exact) mass is 324 g/mol. The number of hydrogen-bond acceptors (Lipinski definition) is 3. The summed E-state index contributed by atoms with van der Waals surface area (Å²) in [5, 5.41) is 1.06. The molecule has 0 bridgehead atoms. The van der Waals surface area contributed by atoms with Crippen LogP contribution in [0.4, 0.5) is 0 Å². The van der Waals surface area contributed by atoms with Crippen LogP contribution < -0.4 is 4.74 Å². The molecular weight excluding hydrogens is 310 g/mol. The van der Waals surface area contributed by atoms with Crippen LogP contribution >= 0.6 is 34.8 Å². The number of hydrogen-bond donors (Lipinski definition) is 0. The summed E-state index contributed by atoms with van der Waals surface area (Å²) in [5.74, 6) is 0.409. The maximum Gasteiger partial charge on any atom is 0.309 e. The van der Waals surface area contributed by atoms with E-state index in [-0.39, 0.29) is 19.0 Å². The summed E-state index contributed by atoms with van der Waals surface area (Å²) >= 11 is 17.6. The number of esters is 1. The minimum Gasteiger partial charge on any atom is -0.491 e. The molecule has 0 aromatic heterocycles. The Labute approximate surface area is 127 Å². The first kappa shape index (κ1) is 16.4. The van der Waals surface area contributed by atoms with Gasteiger partial charge >= 0.3 is 5.97 Å². The number of carbonyl (C=O) groups is 1. The maximum absolute atomic E-state index is 11.4. The molecule has 0 amide bonds. The van der Waals surface area contributed by atoms with Crippen molar-refractivity contribution in [1.29, 1.82) is 0 Å². The number of benzene rings is 1. The van der Waals surface area contributed by atoms with Crippen LogP contribution in [0.3, 0.4) is 0 Å². The van der Waals surface area contributed by atoms with Gasteiger partial charge in [-0.3, -0.25) is 4.79 Å². The van der Waals surface area contributed by atoms with Gasteiger partial charge < -0.3 is 9.47 Å². The highest BCUT2D eigenvalue weighted by atomic mass is 35.5. The lowest BCUT2D eigenvalue weighted by atomic mass is 10.2. The summed E-state index contributed by atoms with van der Waals surface area (Å²) in [5.41, 5.74) is 0. The molecule has 0 fully saturated rings. The molecule has 0 radical (unpaired) electrons. The third-order valence-corrected chi connectivity index (χ3v) is 3.13. The average molecular weight is 326 g/mol. The first-order chi connectivity index (χ1) is 8.90. The van der Waals surface area contributed by atoms with Gasteiger partial charge in [-0.2, -0.15) is 0 Å². The molecule has 0 saturated carbocycles. The molecule has 0 atom stereocenters. The molecule has 0 spiro atoms. The van der Waals surface area contributed by atoms with Gasteiger partial charge in [0.05, 0.1) is 34.7 Å². The molecule has 106 valence electrons. The Balaban J connectivity index is 2.41. The van der Waals surface area contributed by atoms with Gasteiger partial charge in [0.1, 0.15) is 5.75 Å². The van der Waals surface area contributed by atoms with Gasteiger partial charge in [0.2, 0.25) is 0 Å². The molecule has 0 aliphatic heterocycles. The fraction of sp³-hybridized carbons (Fsp3) is 0.462. The van der Waals surface area contributed by atoms with Crippen molar-refractivity contribution < 1.29 is 14.3 Å². The zero-order chi connectivity index (χ0) is 14.4. The molecule has 0 aliphatic rings. The topological polar surface area (TPSA) is 35.5 Å². The molecule has 3 nitrogen and oxygen atoms in total. The molecule has 0 heterocycles. The predicted octanol–water partition coefficient (Wildman–Crippen LogP) is 4.61. The standard InChI is InChI=1S/C13H15Cl3O3/c1-8(2)7-19-13(17)3-4-18-12-6-10(15)9(14)5-11(12)16/h5-6,8H,3-4,7H2,1-2H3. The van der Waals surface area contributed by atoms with Crippen molar-refractivity contribution in [3.05, 3.63) is 27.2 Å². The van der Waals surface area contributed by atoms with Crippen LogP contribution in [-0.4, -0.2) is 19.2 Å². The van der Waals surface area contributed by atoms with Gasteiger partial charge in [0, 0.05) is 6.07 Å². The van der Waals surface area contributed by atoms with Crippen molar-refractivity contribution in [1.82, 2.24) is 0 Å². The third-order valence-electron chi connectivity index (χ3n) is 2.12. The van der Waals surface area contributed by atoms with E-state index in [2.05, 4.69) is 0 Å². The van der Waals surface area contributed by atoms with Gasteiger partial charge in [-0.05, 0) is 12.0 Å². The van der Waals surface area contributed by atoms with Crippen LogP contribution in [-0.2, 0) is 9.53 Å². The van der Waals surface area contributed by atoms with Gasteiger partial charge in [-0.1, -0.05) is 48.7 Å². The van der Waals surface area contributed by atoms with E-state index in [1.165, 1.54) is 12.1 Å². The summed E-state index contributed by atoms with van der Waals surface area (Å²) in [6.07, 6.45) is 0.156. The summed E-state index contributed by atoms with van der Waals surface area (Å²) in [7, 11) is 0. The van der Waals surface area contributed by atoms with E-state index in [4.69, 9.17) is 44.3 Å². The Bertz CT molecular complexity index is 447. The molecule has 1 aromatic carbocycles. The molecular formula is C13H15Cl3O3. The maximum atomic E-state index is 11.4. The molecule has 0 unspecified atom stereocenters. The van der Waals surface area contributed by atoms with Gasteiger partial charge in [0.25, 0.3) is 0 Å². The molecule has 0 aliphatic carbocycles. The molecule has 1 aromatic rings. The highest BCUT2D eigenvalue weighted by Crippen LogP contribution is 2.33. The van der Waals surface area contributed by atoms with E-state index in [0.29, 0.717) is 33.3 Å². The summed E-state index contributed by atoms with van der Waals surface area (Å²) < 4.78 is 10.4. The van der Waals surface area contributed by atoms with Crippen LogP contribution in [0.5, 0.6) is 5.75 Å². The molecule has 1 rings (SSSR count). The van der Waals surface area contributed by atoms with E-state index in [0.717, 1.165) is 0 Å². The molecule has 19 heavy (non-hydrogen) atoms. The quantitative estimate of drug-likeness (QED) is 0.566. The van der Waals surface area contributed by atoms with E-state index >= 15 is 0 Å². The Morgan fingerprint density at radius 2 is 1.79 bits per heavy atom. The number of halogens is 3. The van der Waals surface area contributed by atoms with Crippen LogP contribution in [0.2, 0.25) is 15.1 Å². The van der Waals surface area contributed by atoms with Crippen molar-refractivity contribution in [2.45, 2.75) is 20.3 Å². The van der Waals surface area contributed by atoms with Gasteiger partial charge in [-0.25, -0.2) is 0 Å². The Morgan fingerprint density at radius 3 is 2.42 bits per heavy atom. The summed E-state index contributed by atoms with van der Waals surface area (Å²) in [4.78, 5) is 11.4. The van der Waals surface area contributed by atoms with E-state index < -0.39 is 0 Å². The van der Waals surface area contributed by atoms with E-state index in [1.54, 1.807) is 0 Å². The number of ether oxygens (including phenoxy) is 2. The van der Waals surface area contributed by atoms with Crippen LogP contribution in [0.1, 0.15) is 20.3 Å². The lowest BCUT2D eigenvalue weighted by Crippen LogP contribution is -2.13. The van der Waals surface area contributed by atoms with Crippen molar-refractivity contribution >= 4 is 40.8 Å². The average Bonchev–Trinajstić information content (AvgIpc) is 2.33. The number of carbonyl (C=O) groups excluding carboxylic acids is 1. The fourth-order valence-electron chi connectivity index (χ4n) is 1.19. The Morgan fingerprint density at radius 1 is 1.16 bits per heavy atom. The van der Waals surface area contributed by atoms with Crippen LogP contribution in [0.15, 0.2) is 12.1 Å². The lowest BCUT2D eigenvalue weighted by Gasteiger charge is -2.10. The summed E-state index contributed by atoms with van der Waals surface area (Å²) in [6, 6.07) is 3.02. The van der Waals surface area contributed by atoms with Crippen LogP contribution in [0, 0.1) is 5.92 Å². The van der Waals surface area contributed by atoms with Crippen molar-refractivity contribution in [2.24, 2.45) is 5.92 Å². The van der Waals surface area contributed by atoms with Crippen molar-refractivity contribution in [3.8, 4) is 5.75 Å². The first-order valence-corrected chi connectivity index (χ1v) is 6.96. The zero-order valence-electron chi connectivity index (χ0n) is 10.7. The molecule has 6 heteroatoms. The van der Waals surface area contributed by atoms with Gasteiger partial charge in [0.15, 0.2) is 0 Å². The van der Waals surface area contributed by atoms with E-state index in [1.807, 2.05) is 13.8 Å². The second-order valence-corrected chi connectivity index (χ2v) is 5.59. The Kier molecular flexibility index (Phi) is 6.76. The fourth-order valence-corrected chi connectivity index (χ4v) is 1.78. The highest BCUT2D eigenvalue weighted by Gasteiger charge is 2.09. The largest absolute Gasteiger partial charge is 0.491 e. The van der Waals surface area contributed by atoms with Gasteiger partial charge in [-0.15, -0.1) is 0 Å². The minimum absolute atomic E-state index is 0.156. The van der Waals surface area contributed by atoms with Crippen molar-refractivity contribution in [2.75, 3.05) is 13.2 Å². The SMILES string of the molecule is CC(C)COC(=O)CCOc1cc(Cl)c(Cl)cc1Cl. The zero-order valence-corrected chi connectivity index (χ0v) is 13.0. The van der Waals surface area contributed by atoms with Crippen LogP contribution in [0.25, 0.3) is 0 Å². The smallest absolute Gasteiger partial charge is 0.309 e. The number of rotatable bonds is 6. The molecule has 0 N–H and O–H groups in total. The Hall–Kier alpha value is -0.640. The highest BCUT2D eigenvalue weighted by molar-refractivity contribution is 6.43. The third kappa shape index (κ3) is 5.89. The summed E-state index contributed by atoms with van der Waals surface area (Å²) in [6.45, 7) is 4.53. The second-order valence-electron chi connectivity index (χ2n) is 4.37. The van der Waals surface area contributed by atoms with E-state index in [9.17, 15) is 4.79 Å². The normalized spacial score (nSPS) is 10.6. The first-order valence-electron chi connectivity index (χ1n) is 5.83. The minimum atomic E-state index is -0.301. The predicted molar refractivity (Wildman–Crippen MR) is 77.4 cm³/mol. The van der Waals surface area contributed by atoms with Crippen molar-refractivity contribution in [3.63, 3.8) is 0 Å².